The van der Waals surface area contributed by atoms with Gasteiger partial charge in [0.2, 0.25) is 0 Å². The Bertz CT molecular complexity index is 330. The Kier molecular flexibility index (Phi) is 5.83. The highest BCUT2D eigenvalue weighted by Crippen LogP contribution is 2.26. The van der Waals surface area contributed by atoms with E-state index in [9.17, 15) is 5.11 Å². The summed E-state index contributed by atoms with van der Waals surface area (Å²) in [6.07, 6.45) is 0.829. The zero-order valence-corrected chi connectivity index (χ0v) is 13.1. The minimum Gasteiger partial charge on any atom is -0.389 e. The first-order valence-electron chi connectivity index (χ1n) is 6.81. The molecule has 0 aliphatic carbocycles. The quantitative estimate of drug-likeness (QED) is 0.788. The van der Waals surface area contributed by atoms with Crippen LogP contribution < -0.4 is 5.32 Å². The van der Waals surface area contributed by atoms with Crippen molar-refractivity contribution in [1.82, 2.24) is 5.32 Å². The van der Waals surface area contributed by atoms with Crippen molar-refractivity contribution in [3.05, 3.63) is 22.4 Å². The Labute approximate surface area is 115 Å². The predicted octanol–water partition coefficient (Wildman–Crippen LogP) is 3.83. The molecule has 0 spiro atoms. The Morgan fingerprint density at radius 1 is 1.33 bits per heavy atom. The second-order valence-electron chi connectivity index (χ2n) is 6.21. The van der Waals surface area contributed by atoms with E-state index in [-0.39, 0.29) is 0 Å². The van der Waals surface area contributed by atoms with Crippen LogP contribution in [-0.4, -0.2) is 17.3 Å². The van der Waals surface area contributed by atoms with Crippen molar-refractivity contribution in [2.24, 2.45) is 11.8 Å². The monoisotopic (exact) mass is 269 g/mol. The molecule has 0 fully saturated rings. The molecule has 0 bridgehead atoms. The van der Waals surface area contributed by atoms with Gasteiger partial charge in [0.25, 0.3) is 0 Å². The number of nitrogens with one attached hydrogen (secondary N) is 1. The van der Waals surface area contributed by atoms with Crippen LogP contribution in [0.4, 0.5) is 0 Å². The summed E-state index contributed by atoms with van der Waals surface area (Å²) in [5, 5.41) is 16.0. The Hall–Kier alpha value is -0.380. The minimum atomic E-state index is -0.626. The van der Waals surface area contributed by atoms with Crippen molar-refractivity contribution >= 4 is 11.3 Å². The summed E-state index contributed by atoms with van der Waals surface area (Å²) in [7, 11) is 0. The van der Waals surface area contributed by atoms with Crippen LogP contribution in [0, 0.1) is 11.8 Å². The van der Waals surface area contributed by atoms with E-state index in [4.69, 9.17) is 0 Å². The van der Waals surface area contributed by atoms with E-state index < -0.39 is 5.60 Å². The van der Waals surface area contributed by atoms with Gasteiger partial charge < -0.3 is 10.4 Å². The van der Waals surface area contributed by atoms with Crippen LogP contribution in [0.25, 0.3) is 0 Å². The molecule has 1 rings (SSSR count). The number of aliphatic hydroxyl groups is 1. The van der Waals surface area contributed by atoms with Gasteiger partial charge in [-0.2, -0.15) is 0 Å². The molecule has 0 aromatic carbocycles. The summed E-state index contributed by atoms with van der Waals surface area (Å²) in [6.45, 7) is 11.3. The van der Waals surface area contributed by atoms with Gasteiger partial charge in [-0.25, -0.2) is 0 Å². The van der Waals surface area contributed by atoms with Crippen molar-refractivity contribution in [3.63, 3.8) is 0 Å². The third-order valence-corrected chi connectivity index (χ3v) is 4.02. The van der Waals surface area contributed by atoms with E-state index in [2.05, 4.69) is 50.5 Å². The smallest absolute Gasteiger partial charge is 0.0746 e. The highest BCUT2D eigenvalue weighted by molar-refractivity contribution is 7.10. The number of thiophene rings is 1. The van der Waals surface area contributed by atoms with Crippen LogP contribution >= 0.6 is 11.3 Å². The highest BCUT2D eigenvalue weighted by atomic mass is 32.1. The van der Waals surface area contributed by atoms with Crippen molar-refractivity contribution in [2.75, 3.05) is 6.54 Å². The third kappa shape index (κ3) is 5.09. The van der Waals surface area contributed by atoms with E-state index in [1.165, 1.54) is 4.88 Å². The molecule has 0 radical (unpaired) electrons. The lowest BCUT2D eigenvalue weighted by Crippen LogP contribution is -2.41. The van der Waals surface area contributed by atoms with Crippen LogP contribution in [0.2, 0.25) is 0 Å². The molecular weight excluding hydrogens is 242 g/mol. The third-order valence-electron chi connectivity index (χ3n) is 3.07. The van der Waals surface area contributed by atoms with Crippen molar-refractivity contribution in [2.45, 2.75) is 52.7 Å². The number of rotatable bonds is 7. The first kappa shape index (κ1) is 15.7. The van der Waals surface area contributed by atoms with E-state index >= 15 is 0 Å². The van der Waals surface area contributed by atoms with Crippen LogP contribution in [0.5, 0.6) is 0 Å². The normalized spacial score (nSPS) is 17.1. The second kappa shape index (κ2) is 6.69. The molecule has 18 heavy (non-hydrogen) atoms. The van der Waals surface area contributed by atoms with Gasteiger partial charge in [-0.05, 0) is 36.6 Å². The minimum absolute atomic E-state index is 0.337. The first-order valence-corrected chi connectivity index (χ1v) is 7.69. The van der Waals surface area contributed by atoms with E-state index in [0.29, 0.717) is 24.4 Å². The van der Waals surface area contributed by atoms with Crippen LogP contribution in [0.3, 0.4) is 0 Å². The fourth-order valence-electron chi connectivity index (χ4n) is 2.41. The second-order valence-corrected chi connectivity index (χ2v) is 7.19. The Morgan fingerprint density at radius 2 is 2.00 bits per heavy atom. The summed E-state index contributed by atoms with van der Waals surface area (Å²) in [5.74, 6) is 1.04. The summed E-state index contributed by atoms with van der Waals surface area (Å²) in [4.78, 5) is 1.35. The molecule has 104 valence electrons. The van der Waals surface area contributed by atoms with Crippen molar-refractivity contribution in [1.29, 1.82) is 0 Å². The van der Waals surface area contributed by atoms with Gasteiger partial charge in [-0.3, -0.25) is 0 Å². The number of hydrogen-bond acceptors (Lipinski definition) is 3. The van der Waals surface area contributed by atoms with Gasteiger partial charge in [0.15, 0.2) is 0 Å². The average Bonchev–Trinajstić information content (AvgIpc) is 2.68. The molecule has 2 N–H and O–H groups in total. The summed E-state index contributed by atoms with van der Waals surface area (Å²) >= 11 is 1.78. The lowest BCUT2D eigenvalue weighted by molar-refractivity contribution is 0.0344. The molecule has 1 heterocycles. The fourth-order valence-corrected chi connectivity index (χ4v) is 3.39. The summed E-state index contributed by atoms with van der Waals surface area (Å²) in [5.41, 5.74) is -0.626. The molecule has 1 aromatic heterocycles. The summed E-state index contributed by atoms with van der Waals surface area (Å²) < 4.78 is 0. The van der Waals surface area contributed by atoms with E-state index in [1.54, 1.807) is 11.3 Å². The molecule has 1 aromatic rings. The standard InChI is InChI=1S/C15H27NOS/c1-11(2)9-15(5,17)10-16-14(12(3)4)13-7-6-8-18-13/h6-8,11-12,14,16-17H,9-10H2,1-5H3. The Balaban J connectivity index is 2.58. The topological polar surface area (TPSA) is 32.3 Å². The molecule has 2 unspecified atom stereocenters. The SMILES string of the molecule is CC(C)CC(C)(O)CNC(c1cccs1)C(C)C. The maximum Gasteiger partial charge on any atom is 0.0746 e. The molecule has 0 aliphatic rings. The van der Waals surface area contributed by atoms with Gasteiger partial charge in [-0.1, -0.05) is 33.8 Å². The molecule has 0 amide bonds. The zero-order chi connectivity index (χ0) is 13.8. The molecule has 3 heteroatoms. The average molecular weight is 269 g/mol. The lowest BCUT2D eigenvalue weighted by atomic mass is 9.93. The first-order chi connectivity index (χ1) is 8.32. The van der Waals surface area contributed by atoms with E-state index in [0.717, 1.165) is 6.42 Å². The summed E-state index contributed by atoms with van der Waals surface area (Å²) in [6, 6.07) is 4.59. The van der Waals surface area contributed by atoms with Crippen molar-refractivity contribution in [3.8, 4) is 0 Å². The molecule has 0 saturated heterocycles. The van der Waals surface area contributed by atoms with Gasteiger partial charge in [0, 0.05) is 17.5 Å². The van der Waals surface area contributed by atoms with Gasteiger partial charge in [0.1, 0.15) is 0 Å². The van der Waals surface area contributed by atoms with Gasteiger partial charge in [-0.15, -0.1) is 11.3 Å². The maximum atomic E-state index is 10.4. The van der Waals surface area contributed by atoms with Crippen LogP contribution in [-0.2, 0) is 0 Å². The lowest BCUT2D eigenvalue weighted by Gasteiger charge is -2.30. The zero-order valence-electron chi connectivity index (χ0n) is 12.2. The Morgan fingerprint density at radius 3 is 2.44 bits per heavy atom. The number of hydrogen-bond donors (Lipinski definition) is 2. The van der Waals surface area contributed by atoms with Gasteiger partial charge in [0.05, 0.1) is 5.60 Å². The maximum absolute atomic E-state index is 10.4. The molecule has 0 aliphatic heterocycles. The molecule has 0 saturated carbocycles. The predicted molar refractivity (Wildman–Crippen MR) is 80.0 cm³/mol. The molecular formula is C15H27NOS. The van der Waals surface area contributed by atoms with E-state index in [1.807, 2.05) is 6.92 Å². The molecule has 2 atom stereocenters. The fraction of sp³-hybridized carbons (Fsp3) is 0.733. The highest BCUT2D eigenvalue weighted by Gasteiger charge is 2.25. The van der Waals surface area contributed by atoms with Gasteiger partial charge >= 0.3 is 0 Å². The van der Waals surface area contributed by atoms with Crippen LogP contribution in [0.15, 0.2) is 17.5 Å². The van der Waals surface area contributed by atoms with Crippen molar-refractivity contribution < 1.29 is 5.11 Å². The molecule has 2 nitrogen and oxygen atoms in total. The largest absolute Gasteiger partial charge is 0.389 e. The van der Waals surface area contributed by atoms with Crippen LogP contribution in [0.1, 0.15) is 52.0 Å².